The van der Waals surface area contributed by atoms with E-state index in [9.17, 15) is 22.8 Å². The number of amides is 3. The standard InChI is InChI=1S/C26H31N3O5S/c1-3-28(4-2)35(33,34)20-15-13-19(14-16-20)27-24(30)21-10-6-5-9-18(21)17-29-25(31)22-11-7-8-12-23(22)26(29)32/h7-8,11-16,18,21H,3-6,9-10,17H2,1-2H3,(H,27,30). The molecular formula is C26H31N3O5S. The molecule has 1 saturated carbocycles. The van der Waals surface area contributed by atoms with Crippen LogP contribution in [0.15, 0.2) is 53.4 Å². The molecule has 8 nitrogen and oxygen atoms in total. The van der Waals surface area contributed by atoms with Crippen molar-refractivity contribution in [3.63, 3.8) is 0 Å². The zero-order chi connectivity index (χ0) is 25.2. The molecule has 3 amide bonds. The second-order valence-corrected chi connectivity index (χ2v) is 11.0. The Morgan fingerprint density at radius 2 is 1.51 bits per heavy atom. The smallest absolute Gasteiger partial charge is 0.261 e. The van der Waals surface area contributed by atoms with Gasteiger partial charge in [0.2, 0.25) is 15.9 Å². The fourth-order valence-electron chi connectivity index (χ4n) is 5.07. The van der Waals surface area contributed by atoms with E-state index in [1.54, 1.807) is 50.2 Å². The fourth-order valence-corrected chi connectivity index (χ4v) is 6.53. The quantitative estimate of drug-likeness (QED) is 0.560. The van der Waals surface area contributed by atoms with E-state index in [2.05, 4.69) is 5.32 Å². The summed E-state index contributed by atoms with van der Waals surface area (Å²) in [6.45, 7) is 4.56. The Balaban J connectivity index is 1.45. The van der Waals surface area contributed by atoms with Gasteiger partial charge in [0.05, 0.1) is 16.0 Å². The minimum atomic E-state index is -3.57. The monoisotopic (exact) mass is 497 g/mol. The van der Waals surface area contributed by atoms with Crippen molar-refractivity contribution < 1.29 is 22.8 Å². The van der Waals surface area contributed by atoms with Gasteiger partial charge in [-0.15, -0.1) is 0 Å². The minimum Gasteiger partial charge on any atom is -0.326 e. The number of rotatable bonds is 8. The van der Waals surface area contributed by atoms with Crippen LogP contribution in [0.1, 0.15) is 60.2 Å². The summed E-state index contributed by atoms with van der Waals surface area (Å²) in [4.78, 5) is 40.3. The number of hydrogen-bond donors (Lipinski definition) is 1. The van der Waals surface area contributed by atoms with E-state index in [1.165, 1.54) is 21.3 Å². The Bertz CT molecular complexity index is 1190. The Morgan fingerprint density at radius 1 is 0.943 bits per heavy atom. The normalized spacial score (nSPS) is 20.3. The maximum Gasteiger partial charge on any atom is 0.261 e. The second kappa shape index (κ2) is 10.3. The SMILES string of the molecule is CCN(CC)S(=O)(=O)c1ccc(NC(=O)C2CCCCC2CN2C(=O)c3ccccc3C2=O)cc1. The van der Waals surface area contributed by atoms with Crippen LogP contribution in [0.4, 0.5) is 5.69 Å². The third-order valence-electron chi connectivity index (χ3n) is 7.01. The first-order valence-corrected chi connectivity index (χ1v) is 13.6. The van der Waals surface area contributed by atoms with Crippen LogP contribution in [-0.2, 0) is 14.8 Å². The molecule has 186 valence electrons. The van der Waals surface area contributed by atoms with Crippen molar-refractivity contribution in [2.75, 3.05) is 25.0 Å². The van der Waals surface area contributed by atoms with Crippen LogP contribution >= 0.6 is 0 Å². The van der Waals surface area contributed by atoms with Crippen molar-refractivity contribution in [2.24, 2.45) is 11.8 Å². The topological polar surface area (TPSA) is 104 Å². The number of benzene rings is 2. The van der Waals surface area contributed by atoms with Crippen LogP contribution in [0.3, 0.4) is 0 Å². The summed E-state index contributed by atoms with van der Waals surface area (Å²) in [5, 5.41) is 2.91. The molecule has 2 aromatic rings. The number of carbonyl (C=O) groups is 3. The van der Waals surface area contributed by atoms with Crippen LogP contribution < -0.4 is 5.32 Å². The minimum absolute atomic E-state index is 0.131. The first-order chi connectivity index (χ1) is 16.8. The van der Waals surface area contributed by atoms with Gasteiger partial charge < -0.3 is 5.32 Å². The molecule has 2 aromatic carbocycles. The number of hydrogen-bond acceptors (Lipinski definition) is 5. The Labute approximate surface area is 206 Å². The van der Waals surface area contributed by atoms with Crippen LogP contribution in [0.5, 0.6) is 0 Å². The number of fused-ring (bicyclic) bond motifs is 1. The number of nitrogens with one attached hydrogen (secondary N) is 1. The maximum absolute atomic E-state index is 13.2. The highest BCUT2D eigenvalue weighted by Gasteiger charge is 2.40. The molecule has 1 aliphatic heterocycles. The Hall–Kier alpha value is -3.04. The molecule has 9 heteroatoms. The van der Waals surface area contributed by atoms with Gasteiger partial charge in [0.1, 0.15) is 0 Å². The molecule has 0 saturated heterocycles. The Morgan fingerprint density at radius 3 is 2.09 bits per heavy atom. The Kier molecular flexibility index (Phi) is 7.37. The fraction of sp³-hybridized carbons (Fsp3) is 0.423. The van der Waals surface area contributed by atoms with Crippen molar-refractivity contribution in [3.8, 4) is 0 Å². The maximum atomic E-state index is 13.2. The summed E-state index contributed by atoms with van der Waals surface area (Å²) >= 11 is 0. The van der Waals surface area contributed by atoms with Crippen molar-refractivity contribution in [2.45, 2.75) is 44.4 Å². The van der Waals surface area contributed by atoms with Gasteiger partial charge in [0, 0.05) is 31.2 Å². The molecular weight excluding hydrogens is 466 g/mol. The molecule has 0 bridgehead atoms. The highest BCUT2D eigenvalue weighted by molar-refractivity contribution is 7.89. The van der Waals surface area contributed by atoms with E-state index >= 15 is 0 Å². The van der Waals surface area contributed by atoms with E-state index in [1.807, 2.05) is 0 Å². The highest BCUT2D eigenvalue weighted by Crippen LogP contribution is 2.34. The van der Waals surface area contributed by atoms with Crippen LogP contribution in [0.25, 0.3) is 0 Å². The van der Waals surface area contributed by atoms with E-state index in [0.29, 0.717) is 36.3 Å². The lowest BCUT2D eigenvalue weighted by atomic mass is 9.78. The molecule has 2 unspecified atom stereocenters. The van der Waals surface area contributed by atoms with Crippen LogP contribution in [0.2, 0.25) is 0 Å². The molecule has 1 N–H and O–H groups in total. The molecule has 0 aromatic heterocycles. The van der Waals surface area contributed by atoms with E-state index in [0.717, 1.165) is 19.3 Å². The van der Waals surface area contributed by atoms with Crippen molar-refractivity contribution in [1.29, 1.82) is 0 Å². The molecule has 2 aliphatic rings. The first-order valence-electron chi connectivity index (χ1n) is 12.1. The number of imide groups is 1. The van der Waals surface area contributed by atoms with Gasteiger partial charge in [0.15, 0.2) is 0 Å². The number of nitrogens with zero attached hydrogens (tertiary/aromatic N) is 2. The zero-order valence-corrected chi connectivity index (χ0v) is 20.9. The molecule has 1 heterocycles. The third-order valence-corrected chi connectivity index (χ3v) is 9.07. The molecule has 1 aliphatic carbocycles. The van der Waals surface area contributed by atoms with E-state index in [-0.39, 0.29) is 41.0 Å². The molecule has 0 radical (unpaired) electrons. The molecule has 35 heavy (non-hydrogen) atoms. The van der Waals surface area contributed by atoms with Crippen LogP contribution in [0, 0.1) is 11.8 Å². The van der Waals surface area contributed by atoms with E-state index in [4.69, 9.17) is 0 Å². The summed E-state index contributed by atoms with van der Waals surface area (Å²) < 4.78 is 26.8. The van der Waals surface area contributed by atoms with Gasteiger partial charge in [-0.05, 0) is 55.2 Å². The lowest BCUT2D eigenvalue weighted by molar-refractivity contribution is -0.122. The first kappa shape index (κ1) is 25.1. The summed E-state index contributed by atoms with van der Waals surface area (Å²) in [6.07, 6.45) is 3.27. The molecule has 1 fully saturated rings. The number of carbonyl (C=O) groups excluding carboxylic acids is 3. The van der Waals surface area contributed by atoms with Gasteiger partial charge in [0.25, 0.3) is 11.8 Å². The molecule has 4 rings (SSSR count). The van der Waals surface area contributed by atoms with Gasteiger partial charge in [-0.25, -0.2) is 8.42 Å². The lowest BCUT2D eigenvalue weighted by Gasteiger charge is -2.32. The zero-order valence-electron chi connectivity index (χ0n) is 20.1. The summed E-state index contributed by atoms with van der Waals surface area (Å²) in [5.74, 6) is -1.26. The predicted molar refractivity (Wildman–Crippen MR) is 132 cm³/mol. The molecule has 0 spiro atoms. The second-order valence-electron chi connectivity index (χ2n) is 9.02. The average molecular weight is 498 g/mol. The van der Waals surface area contributed by atoms with Crippen molar-refractivity contribution in [3.05, 3.63) is 59.7 Å². The van der Waals surface area contributed by atoms with Crippen molar-refractivity contribution >= 4 is 33.4 Å². The molecule has 2 atom stereocenters. The third kappa shape index (κ3) is 4.88. The van der Waals surface area contributed by atoms with E-state index < -0.39 is 10.0 Å². The highest BCUT2D eigenvalue weighted by atomic mass is 32.2. The van der Waals surface area contributed by atoms with Crippen molar-refractivity contribution in [1.82, 2.24) is 9.21 Å². The largest absolute Gasteiger partial charge is 0.326 e. The van der Waals surface area contributed by atoms with Gasteiger partial charge in [-0.1, -0.05) is 38.8 Å². The summed E-state index contributed by atoms with van der Waals surface area (Å²) in [6, 6.07) is 13.0. The van der Waals surface area contributed by atoms with Gasteiger partial charge in [-0.3, -0.25) is 19.3 Å². The van der Waals surface area contributed by atoms with Gasteiger partial charge >= 0.3 is 0 Å². The summed E-state index contributed by atoms with van der Waals surface area (Å²) in [7, 11) is -3.57. The average Bonchev–Trinajstić information content (AvgIpc) is 3.10. The predicted octanol–water partition coefficient (Wildman–Crippen LogP) is 3.76. The van der Waals surface area contributed by atoms with Crippen LogP contribution in [-0.4, -0.2) is 55.0 Å². The number of anilines is 1. The number of sulfonamides is 1. The summed E-state index contributed by atoms with van der Waals surface area (Å²) in [5.41, 5.74) is 1.33. The lowest BCUT2D eigenvalue weighted by Crippen LogP contribution is -2.41. The van der Waals surface area contributed by atoms with Gasteiger partial charge in [-0.2, -0.15) is 4.31 Å².